The molecule has 28 heteroatoms. The van der Waals surface area contributed by atoms with Crippen molar-refractivity contribution in [1.82, 2.24) is 0 Å². The highest BCUT2D eigenvalue weighted by Crippen LogP contribution is 2.36. The Balaban J connectivity index is 2.32. The second-order valence-corrected chi connectivity index (χ2v) is 33.0. The van der Waals surface area contributed by atoms with Gasteiger partial charge in [0.1, 0.15) is 0 Å². The number of hydrogen-bond donors (Lipinski definition) is 0. The van der Waals surface area contributed by atoms with E-state index < -0.39 is 128 Å². The van der Waals surface area contributed by atoms with E-state index in [1.807, 2.05) is 0 Å². The minimum atomic E-state index is -4.82. The van der Waals surface area contributed by atoms with Gasteiger partial charge in [-0.1, -0.05) is 0 Å². The second-order valence-electron chi connectivity index (χ2n) is 8.02. The molecule has 3 nitrogen and oxygen atoms in total. The molecule has 3 rings (SSSR count). The van der Waals surface area contributed by atoms with Crippen molar-refractivity contribution in [3.05, 3.63) is 69.8 Å². The Morgan fingerprint density at radius 3 is 0.587 bits per heavy atom. The van der Waals surface area contributed by atoms with Gasteiger partial charge in [0.15, 0.2) is 52.2 Å². The third kappa shape index (κ3) is 7.64. The molecular weight excluding hydrogens is 906 g/mol. The lowest BCUT2D eigenvalue weighted by Crippen LogP contribution is -2.43. The van der Waals surface area contributed by atoms with Gasteiger partial charge in [0.25, 0.3) is 0 Å². The van der Waals surface area contributed by atoms with Crippen LogP contribution in [0.1, 0.15) is 0 Å². The first-order chi connectivity index (χ1) is 20.7. The molecule has 3 aromatic carbocycles. The SMILES string of the molecule is Fc1c(F)c([Si](Cl)(Cl)Cl)c(F)c(F)c1OB(Oc1c(F)c(F)c([Si](Cl)(Cl)Cl)c(F)c1F)Oc1c(F)c(F)c([Si](Cl)(Cl)Cl)c(F)c1F. The van der Waals surface area contributed by atoms with Crippen LogP contribution in [-0.4, -0.2) is 25.3 Å². The zero-order valence-electron chi connectivity index (χ0n) is 20.2. The monoisotopic (exact) mass is 902 g/mol. The van der Waals surface area contributed by atoms with Crippen molar-refractivity contribution in [3.63, 3.8) is 0 Å². The Bertz CT molecular complexity index is 1460. The van der Waals surface area contributed by atoms with E-state index in [1.54, 1.807) is 0 Å². The molecule has 0 saturated heterocycles. The zero-order chi connectivity index (χ0) is 35.6. The average Bonchev–Trinajstić information content (AvgIpc) is 2.90. The van der Waals surface area contributed by atoms with Crippen molar-refractivity contribution in [2.75, 3.05) is 0 Å². The molecule has 46 heavy (non-hydrogen) atoms. The summed E-state index contributed by atoms with van der Waals surface area (Å²) in [5, 5.41) is -5.34. The van der Waals surface area contributed by atoms with E-state index in [2.05, 4.69) is 14.0 Å². The molecule has 0 bridgehead atoms. The van der Waals surface area contributed by atoms with Gasteiger partial charge in [-0.05, 0) is 0 Å². The van der Waals surface area contributed by atoms with Gasteiger partial charge in [0.2, 0.25) is 34.9 Å². The van der Waals surface area contributed by atoms with Crippen LogP contribution < -0.4 is 29.5 Å². The lowest BCUT2D eigenvalue weighted by Gasteiger charge is -2.22. The fourth-order valence-electron chi connectivity index (χ4n) is 3.25. The van der Waals surface area contributed by atoms with Crippen molar-refractivity contribution >= 4 is 141 Å². The van der Waals surface area contributed by atoms with Crippen molar-refractivity contribution in [1.29, 1.82) is 0 Å². The van der Waals surface area contributed by atoms with Crippen molar-refractivity contribution in [2.24, 2.45) is 0 Å². The number of hydrogen-bond acceptors (Lipinski definition) is 3. The predicted octanol–water partition coefficient (Wildman–Crippen LogP) is 8.46. The lowest BCUT2D eigenvalue weighted by molar-refractivity contribution is 0.257. The average molecular weight is 906 g/mol. The van der Waals surface area contributed by atoms with Crippen LogP contribution in [-0.2, 0) is 0 Å². The molecule has 0 atom stereocenters. The highest BCUT2D eigenvalue weighted by Gasteiger charge is 2.47. The van der Waals surface area contributed by atoms with Gasteiger partial charge in [0.05, 0.1) is 15.6 Å². The smallest absolute Gasteiger partial charge is 0.484 e. The molecule has 0 aliphatic heterocycles. The summed E-state index contributed by atoms with van der Waals surface area (Å²) >= 11 is 48.7. The van der Waals surface area contributed by atoms with E-state index in [-0.39, 0.29) is 0 Å². The molecule has 0 N–H and O–H groups in total. The first-order valence-corrected chi connectivity index (χ1v) is 25.6. The minimum absolute atomic E-state index is 1.78. The van der Waals surface area contributed by atoms with Crippen LogP contribution in [0.5, 0.6) is 17.2 Å². The molecule has 0 spiro atoms. The highest BCUT2D eigenvalue weighted by atomic mass is 35.9. The molecule has 252 valence electrons. The maximum Gasteiger partial charge on any atom is 0.864 e. The summed E-state index contributed by atoms with van der Waals surface area (Å²) in [7, 11) is -3.70. The maximum atomic E-state index is 14.8. The van der Waals surface area contributed by atoms with Crippen LogP contribution in [0, 0.1) is 69.8 Å². The summed E-state index contributed by atoms with van der Waals surface area (Å²) in [6, 6.07) is -14.5. The largest absolute Gasteiger partial charge is 0.864 e. The quantitative estimate of drug-likeness (QED) is 0.0935. The normalized spacial score (nSPS) is 12.5. The van der Waals surface area contributed by atoms with Gasteiger partial charge < -0.3 is 14.0 Å². The molecular formula is C18BCl9F12O3Si3. The fraction of sp³-hybridized carbons (Fsp3) is 0. The molecule has 0 aliphatic rings. The van der Waals surface area contributed by atoms with E-state index in [1.165, 1.54) is 0 Å². The molecule has 3 aromatic rings. The summed E-state index contributed by atoms with van der Waals surface area (Å²) in [5.41, 5.74) is 0. The molecule has 0 aliphatic carbocycles. The van der Waals surface area contributed by atoms with Crippen LogP contribution in [0.2, 0.25) is 0 Å². The van der Waals surface area contributed by atoms with Crippen LogP contribution in [0.15, 0.2) is 0 Å². The summed E-state index contributed by atoms with van der Waals surface area (Å²) < 4.78 is 190. The standard InChI is InChI=1S/C18BCl9F12O3Si3/c20-44(21,22)16-7(35)1(29)13(2(30)8(16)36)41-19(42-14-3(31)9(37)17(45(23,24)25)10(38)4(14)32)43-15-5(33)11(39)18(46(26,27)28)12(40)6(15)34. The Kier molecular flexibility index (Phi) is 12.2. The van der Waals surface area contributed by atoms with Crippen molar-refractivity contribution < 1.29 is 66.6 Å². The Morgan fingerprint density at radius 2 is 0.457 bits per heavy atom. The Hall–Kier alpha value is -0.454. The zero-order valence-corrected chi connectivity index (χ0v) is 30.0. The van der Waals surface area contributed by atoms with Crippen LogP contribution in [0.25, 0.3) is 0 Å². The van der Waals surface area contributed by atoms with Gasteiger partial charge in [-0.15, -0.1) is 99.7 Å². The molecule has 0 radical (unpaired) electrons. The molecule has 0 heterocycles. The summed E-state index contributed by atoms with van der Waals surface area (Å²) in [4.78, 5) is 0. The van der Waals surface area contributed by atoms with Gasteiger partial charge in [-0.3, -0.25) is 0 Å². The topological polar surface area (TPSA) is 27.7 Å². The van der Waals surface area contributed by atoms with E-state index in [9.17, 15) is 52.7 Å². The maximum absolute atomic E-state index is 14.8. The second kappa shape index (κ2) is 14.0. The van der Waals surface area contributed by atoms with E-state index in [4.69, 9.17) is 99.7 Å². The van der Waals surface area contributed by atoms with Gasteiger partial charge >= 0.3 is 25.3 Å². The number of benzene rings is 3. The van der Waals surface area contributed by atoms with Crippen molar-refractivity contribution in [2.45, 2.75) is 0 Å². The summed E-state index contributed by atoms with van der Waals surface area (Å²) in [6.07, 6.45) is 0. The van der Waals surface area contributed by atoms with Crippen LogP contribution >= 0.6 is 99.7 Å². The third-order valence-corrected chi connectivity index (χ3v) is 13.3. The fourth-order valence-corrected chi connectivity index (χ4v) is 9.88. The van der Waals surface area contributed by atoms with Crippen LogP contribution in [0.4, 0.5) is 52.7 Å². The number of rotatable bonds is 9. The van der Waals surface area contributed by atoms with Gasteiger partial charge in [-0.2, -0.15) is 26.3 Å². The van der Waals surface area contributed by atoms with Gasteiger partial charge in [-0.25, -0.2) is 26.3 Å². The number of halogens is 21. The third-order valence-electron chi connectivity index (χ3n) is 5.16. The molecule has 0 aromatic heterocycles. The van der Waals surface area contributed by atoms with Crippen molar-refractivity contribution in [3.8, 4) is 17.2 Å². The molecule has 0 fully saturated rings. The summed E-state index contributed by atoms with van der Waals surface area (Å²) in [6.45, 7) is 0. The van der Waals surface area contributed by atoms with E-state index in [0.717, 1.165) is 0 Å². The Labute approximate surface area is 292 Å². The van der Waals surface area contributed by atoms with Gasteiger partial charge in [0, 0.05) is 0 Å². The first-order valence-electron chi connectivity index (χ1n) is 10.5. The minimum Gasteiger partial charge on any atom is -0.484 e. The molecule has 0 unspecified atom stereocenters. The first kappa shape index (κ1) is 40.0. The lowest BCUT2D eigenvalue weighted by atomic mass is 10.1. The Morgan fingerprint density at radius 1 is 0.304 bits per heavy atom. The predicted molar refractivity (Wildman–Crippen MR) is 155 cm³/mol. The van der Waals surface area contributed by atoms with Crippen LogP contribution in [0.3, 0.4) is 0 Å². The van der Waals surface area contributed by atoms with E-state index >= 15 is 0 Å². The highest BCUT2D eigenvalue weighted by molar-refractivity contribution is 7.70. The molecule has 0 amide bonds. The summed E-state index contributed by atoms with van der Waals surface area (Å²) in [5.74, 6) is -37.9. The molecule has 0 saturated carbocycles. The van der Waals surface area contributed by atoms with E-state index in [0.29, 0.717) is 0 Å².